The molecule has 0 unspecified atom stereocenters. The first kappa shape index (κ1) is 14.3. The second-order valence-electron chi connectivity index (χ2n) is 5.42. The Kier molecular flexibility index (Phi) is 3.92. The average Bonchev–Trinajstić information content (AvgIpc) is 2.57. The van der Waals surface area contributed by atoms with E-state index in [2.05, 4.69) is 5.32 Å². The van der Waals surface area contributed by atoms with Gasteiger partial charge in [0, 0.05) is 0 Å². The van der Waals surface area contributed by atoms with Crippen LogP contribution in [0.1, 0.15) is 24.1 Å². The summed E-state index contributed by atoms with van der Waals surface area (Å²) in [6, 6.07) is 18.9. The maximum absolute atomic E-state index is 12.4. The highest BCUT2D eigenvalue weighted by Gasteiger charge is 2.37. The van der Waals surface area contributed by atoms with Crippen molar-refractivity contribution in [2.24, 2.45) is 0 Å². The summed E-state index contributed by atoms with van der Waals surface area (Å²) in [5.74, 6) is -0.179. The number of carbonyl (C=O) groups is 2. The molecule has 0 saturated carbocycles. The van der Waals surface area contributed by atoms with Gasteiger partial charge in [-0.05, 0) is 18.1 Å². The number of benzene rings is 2. The van der Waals surface area contributed by atoms with Gasteiger partial charge in [0.2, 0.25) is 11.8 Å². The fraction of sp³-hybridized carbons (Fsp3) is 0.222. The summed E-state index contributed by atoms with van der Waals surface area (Å²) in [5, 5.41) is 2.64. The first-order chi connectivity index (χ1) is 10.7. The van der Waals surface area contributed by atoms with E-state index in [-0.39, 0.29) is 24.4 Å². The lowest BCUT2D eigenvalue weighted by molar-refractivity contribution is -0.146. The Labute approximate surface area is 129 Å². The number of carbonyl (C=O) groups excluding carboxylic acids is 2. The number of amides is 2. The van der Waals surface area contributed by atoms with Gasteiger partial charge in [0.25, 0.3) is 0 Å². The third-order valence-corrected chi connectivity index (χ3v) is 4.01. The van der Waals surface area contributed by atoms with Crippen molar-refractivity contribution >= 4 is 11.8 Å². The molecule has 1 saturated heterocycles. The van der Waals surface area contributed by atoms with Gasteiger partial charge in [-0.25, -0.2) is 0 Å². The van der Waals surface area contributed by atoms with Crippen LogP contribution in [0.2, 0.25) is 0 Å². The lowest BCUT2D eigenvalue weighted by Gasteiger charge is -2.39. The maximum atomic E-state index is 12.4. The number of hydrogen-bond donors (Lipinski definition) is 1. The van der Waals surface area contributed by atoms with Crippen LogP contribution in [-0.4, -0.2) is 29.3 Å². The minimum Gasteiger partial charge on any atom is -0.345 e. The fourth-order valence-corrected chi connectivity index (χ4v) is 2.90. The van der Waals surface area contributed by atoms with Crippen LogP contribution < -0.4 is 5.32 Å². The zero-order valence-electron chi connectivity index (χ0n) is 12.4. The van der Waals surface area contributed by atoms with Gasteiger partial charge in [-0.15, -0.1) is 0 Å². The van der Waals surface area contributed by atoms with E-state index in [9.17, 15) is 9.59 Å². The van der Waals surface area contributed by atoms with Gasteiger partial charge in [0.05, 0.1) is 12.6 Å². The zero-order valence-corrected chi connectivity index (χ0v) is 12.4. The molecule has 1 aliphatic rings. The van der Waals surface area contributed by atoms with Crippen LogP contribution in [0.4, 0.5) is 0 Å². The molecule has 1 N–H and O–H groups in total. The van der Waals surface area contributed by atoms with Crippen LogP contribution >= 0.6 is 0 Å². The Morgan fingerprint density at radius 3 is 1.95 bits per heavy atom. The lowest BCUT2D eigenvalue weighted by Crippen LogP contribution is -2.58. The highest BCUT2D eigenvalue weighted by atomic mass is 16.2. The first-order valence-corrected chi connectivity index (χ1v) is 7.37. The van der Waals surface area contributed by atoms with Crippen LogP contribution in [-0.2, 0) is 9.59 Å². The molecule has 4 heteroatoms. The summed E-state index contributed by atoms with van der Waals surface area (Å²) < 4.78 is 0. The molecule has 0 spiro atoms. The zero-order chi connectivity index (χ0) is 15.5. The Morgan fingerprint density at radius 2 is 1.45 bits per heavy atom. The quantitative estimate of drug-likeness (QED) is 0.942. The average molecular weight is 294 g/mol. The van der Waals surface area contributed by atoms with Gasteiger partial charge >= 0.3 is 0 Å². The first-order valence-electron chi connectivity index (χ1n) is 7.37. The minimum absolute atomic E-state index is 0.0549. The topological polar surface area (TPSA) is 49.4 Å². The summed E-state index contributed by atoms with van der Waals surface area (Å²) in [6.45, 7) is 1.82. The Morgan fingerprint density at radius 1 is 0.955 bits per heavy atom. The summed E-state index contributed by atoms with van der Waals surface area (Å²) in [7, 11) is 0. The van der Waals surface area contributed by atoms with Crippen LogP contribution in [0.5, 0.6) is 0 Å². The van der Waals surface area contributed by atoms with Crippen molar-refractivity contribution in [3.8, 4) is 0 Å². The van der Waals surface area contributed by atoms with Crippen molar-refractivity contribution in [1.29, 1.82) is 0 Å². The standard InChI is InChI=1S/C18H18N2O2/c1-13-18(22)19-12-16(21)20(13)17(14-8-4-2-5-9-14)15-10-6-3-7-11-15/h2-11,13,17H,12H2,1H3,(H,19,22)/t13-/m0/s1. The molecular formula is C18H18N2O2. The lowest BCUT2D eigenvalue weighted by atomic mass is 9.94. The van der Waals surface area contributed by atoms with Gasteiger partial charge in [-0.3, -0.25) is 9.59 Å². The van der Waals surface area contributed by atoms with Crippen LogP contribution in [0.3, 0.4) is 0 Å². The molecule has 2 aromatic carbocycles. The molecule has 22 heavy (non-hydrogen) atoms. The van der Waals surface area contributed by atoms with Crippen molar-refractivity contribution < 1.29 is 9.59 Å². The van der Waals surface area contributed by atoms with E-state index in [1.807, 2.05) is 60.7 Å². The molecular weight excluding hydrogens is 276 g/mol. The molecule has 0 aromatic heterocycles. The summed E-state index contributed by atoms with van der Waals surface area (Å²) in [4.78, 5) is 26.1. The number of nitrogens with one attached hydrogen (secondary N) is 1. The van der Waals surface area contributed by atoms with Crippen LogP contribution in [0.25, 0.3) is 0 Å². The normalized spacial score (nSPS) is 18.5. The van der Waals surface area contributed by atoms with Gasteiger partial charge in [-0.2, -0.15) is 0 Å². The molecule has 3 rings (SSSR count). The van der Waals surface area contributed by atoms with Gasteiger partial charge < -0.3 is 10.2 Å². The smallest absolute Gasteiger partial charge is 0.243 e. The predicted molar refractivity (Wildman–Crippen MR) is 84.0 cm³/mol. The Hall–Kier alpha value is -2.62. The summed E-state index contributed by atoms with van der Waals surface area (Å²) in [6.07, 6.45) is 0. The fourth-order valence-electron chi connectivity index (χ4n) is 2.90. The molecule has 1 heterocycles. The second kappa shape index (κ2) is 6.02. The Balaban J connectivity index is 2.09. The van der Waals surface area contributed by atoms with Crippen molar-refractivity contribution in [1.82, 2.24) is 10.2 Å². The van der Waals surface area contributed by atoms with E-state index in [1.165, 1.54) is 0 Å². The molecule has 0 radical (unpaired) electrons. The molecule has 1 aliphatic heterocycles. The summed E-state index contributed by atoms with van der Waals surface area (Å²) >= 11 is 0. The number of piperazine rings is 1. The van der Waals surface area contributed by atoms with Gasteiger partial charge in [-0.1, -0.05) is 60.7 Å². The van der Waals surface area contributed by atoms with Gasteiger partial charge in [0.1, 0.15) is 6.04 Å². The SMILES string of the molecule is C[C@H]1C(=O)NCC(=O)N1C(c1ccccc1)c1ccccc1. The largest absolute Gasteiger partial charge is 0.345 e. The van der Waals surface area contributed by atoms with Crippen LogP contribution in [0, 0.1) is 0 Å². The van der Waals surface area contributed by atoms with Crippen molar-refractivity contribution in [3.05, 3.63) is 71.8 Å². The molecule has 2 amide bonds. The van der Waals surface area contributed by atoms with E-state index in [1.54, 1.807) is 11.8 Å². The van der Waals surface area contributed by atoms with E-state index in [4.69, 9.17) is 0 Å². The molecule has 112 valence electrons. The second-order valence-corrected chi connectivity index (χ2v) is 5.42. The number of rotatable bonds is 3. The van der Waals surface area contributed by atoms with E-state index in [0.717, 1.165) is 11.1 Å². The van der Waals surface area contributed by atoms with Gasteiger partial charge in [0.15, 0.2) is 0 Å². The highest BCUT2D eigenvalue weighted by molar-refractivity contribution is 5.95. The van der Waals surface area contributed by atoms with Crippen molar-refractivity contribution in [2.45, 2.75) is 19.0 Å². The van der Waals surface area contributed by atoms with E-state index >= 15 is 0 Å². The van der Waals surface area contributed by atoms with E-state index < -0.39 is 6.04 Å². The van der Waals surface area contributed by atoms with Crippen molar-refractivity contribution in [3.63, 3.8) is 0 Å². The molecule has 4 nitrogen and oxygen atoms in total. The minimum atomic E-state index is -0.494. The third-order valence-electron chi connectivity index (χ3n) is 4.01. The molecule has 0 bridgehead atoms. The maximum Gasteiger partial charge on any atom is 0.243 e. The molecule has 1 fully saturated rings. The van der Waals surface area contributed by atoms with Crippen LogP contribution in [0.15, 0.2) is 60.7 Å². The molecule has 2 aromatic rings. The Bertz CT molecular complexity index is 631. The van der Waals surface area contributed by atoms with Crippen molar-refractivity contribution in [2.75, 3.05) is 6.54 Å². The highest BCUT2D eigenvalue weighted by Crippen LogP contribution is 2.31. The molecule has 1 atom stereocenters. The van der Waals surface area contributed by atoms with E-state index in [0.29, 0.717) is 0 Å². The number of nitrogens with zero attached hydrogens (tertiary/aromatic N) is 1. The molecule has 0 aliphatic carbocycles. The summed E-state index contributed by atoms with van der Waals surface area (Å²) in [5.41, 5.74) is 2.01. The monoisotopic (exact) mass is 294 g/mol. The number of hydrogen-bond acceptors (Lipinski definition) is 2. The predicted octanol–water partition coefficient (Wildman–Crippen LogP) is 2.12. The third kappa shape index (κ3) is 2.60.